The predicted molar refractivity (Wildman–Crippen MR) is 138 cm³/mol. The predicted octanol–water partition coefficient (Wildman–Crippen LogP) is 4.33. The Morgan fingerprint density at radius 2 is 2.05 bits per heavy atom. The number of nitrogens with one attached hydrogen (secondary N) is 1. The molecule has 37 heavy (non-hydrogen) atoms. The van der Waals surface area contributed by atoms with E-state index in [1.807, 2.05) is 0 Å². The highest BCUT2D eigenvalue weighted by molar-refractivity contribution is 6.46. The number of hydrogen-bond donors (Lipinski definition) is 2. The van der Waals surface area contributed by atoms with E-state index in [1.165, 1.54) is 12.1 Å². The molecule has 0 bridgehead atoms. The number of benzene rings is 3. The topological polar surface area (TPSA) is 83.4 Å². The molecule has 0 radical (unpaired) electrons. The summed E-state index contributed by atoms with van der Waals surface area (Å²) >= 11 is 6.44. The number of carbonyl (C=O) groups is 1. The zero-order chi connectivity index (χ0) is 25.5. The minimum atomic E-state index is -0.999. The Balaban J connectivity index is 1.25. The molecule has 3 aromatic carbocycles. The normalized spacial score (nSPS) is 18.7. The van der Waals surface area contributed by atoms with E-state index in [0.717, 1.165) is 48.7 Å². The summed E-state index contributed by atoms with van der Waals surface area (Å²) in [7, 11) is 0. The minimum Gasteiger partial charge on any atom is -0.489 e. The van der Waals surface area contributed by atoms with E-state index in [0.29, 0.717) is 28.4 Å². The van der Waals surface area contributed by atoms with Crippen molar-refractivity contribution in [2.45, 2.75) is 44.1 Å². The fraction of sp³-hybridized carbons (Fsp3) is 0.357. The molecule has 2 aliphatic heterocycles. The van der Waals surface area contributed by atoms with Crippen LogP contribution in [0.25, 0.3) is 10.8 Å². The molecule has 1 amide bonds. The van der Waals surface area contributed by atoms with E-state index in [9.17, 15) is 14.3 Å². The van der Waals surface area contributed by atoms with Crippen LogP contribution in [-0.4, -0.2) is 53.4 Å². The smallest absolute Gasteiger partial charge is 0.274 e. The maximum Gasteiger partial charge on any atom is 0.274 e. The Morgan fingerprint density at radius 3 is 2.78 bits per heavy atom. The molecular formula is C28H27ClFN3O4. The average Bonchev–Trinajstić information content (AvgIpc) is 3.69. The number of rotatable bonds is 8. The van der Waals surface area contributed by atoms with Crippen molar-refractivity contribution in [1.29, 1.82) is 0 Å². The highest BCUT2D eigenvalue weighted by Gasteiger charge is 2.32. The van der Waals surface area contributed by atoms with Crippen molar-refractivity contribution in [1.82, 2.24) is 10.2 Å². The molecule has 2 fully saturated rings. The first-order valence-corrected chi connectivity index (χ1v) is 12.9. The first-order chi connectivity index (χ1) is 18.0. The van der Waals surface area contributed by atoms with Crippen LogP contribution in [0.2, 0.25) is 5.02 Å². The van der Waals surface area contributed by atoms with E-state index in [2.05, 4.69) is 15.4 Å². The fourth-order valence-corrected chi connectivity index (χ4v) is 5.05. The number of halogens is 2. The molecule has 2 atom stereocenters. The van der Waals surface area contributed by atoms with E-state index in [1.54, 1.807) is 36.4 Å². The Kier molecular flexibility index (Phi) is 6.48. The fourth-order valence-electron chi connectivity index (χ4n) is 4.81. The Hall–Kier alpha value is -3.20. The maximum atomic E-state index is 13.7. The lowest BCUT2D eigenvalue weighted by Gasteiger charge is -2.36. The highest BCUT2D eigenvalue weighted by Crippen LogP contribution is 2.34. The van der Waals surface area contributed by atoms with Gasteiger partial charge in [-0.1, -0.05) is 41.0 Å². The SMILES string of the molecule is O=C(N[C@H](CN1CCC1)[C@H](O)c1ccc(OC2CC2)c(Cl)c1)C1=NOCc2c1ccc1cc(F)ccc21. The second-order valence-corrected chi connectivity index (χ2v) is 10.3. The molecule has 0 aromatic heterocycles. The summed E-state index contributed by atoms with van der Waals surface area (Å²) in [6.07, 6.45) is 2.34. The molecule has 6 rings (SSSR count). The van der Waals surface area contributed by atoms with Crippen LogP contribution in [-0.2, 0) is 16.2 Å². The Labute approximate surface area is 218 Å². The Bertz CT molecular complexity index is 1390. The number of ether oxygens (including phenoxy) is 1. The van der Waals surface area contributed by atoms with Gasteiger partial charge in [-0.2, -0.15) is 0 Å². The molecule has 0 unspecified atom stereocenters. The van der Waals surface area contributed by atoms with Gasteiger partial charge in [-0.15, -0.1) is 0 Å². The van der Waals surface area contributed by atoms with Gasteiger partial charge in [0.15, 0.2) is 5.71 Å². The third-order valence-electron chi connectivity index (χ3n) is 7.14. The van der Waals surface area contributed by atoms with Crippen LogP contribution in [0.4, 0.5) is 4.39 Å². The van der Waals surface area contributed by atoms with Gasteiger partial charge in [0.2, 0.25) is 0 Å². The lowest BCUT2D eigenvalue weighted by atomic mass is 9.95. The first-order valence-electron chi connectivity index (χ1n) is 12.5. The number of likely N-dealkylation sites (tertiary alicyclic amines) is 1. The summed E-state index contributed by atoms with van der Waals surface area (Å²) in [6, 6.07) is 12.7. The van der Waals surface area contributed by atoms with Gasteiger partial charge in [0.25, 0.3) is 5.91 Å². The lowest BCUT2D eigenvalue weighted by Crippen LogP contribution is -2.52. The molecular weight excluding hydrogens is 497 g/mol. The van der Waals surface area contributed by atoms with Crippen molar-refractivity contribution in [3.05, 3.63) is 76.1 Å². The van der Waals surface area contributed by atoms with Gasteiger partial charge in [-0.25, -0.2) is 4.39 Å². The van der Waals surface area contributed by atoms with Gasteiger partial charge in [0, 0.05) is 17.7 Å². The molecule has 0 spiro atoms. The number of aliphatic hydroxyl groups is 1. The molecule has 3 aliphatic rings. The number of hydrogen-bond acceptors (Lipinski definition) is 6. The lowest BCUT2D eigenvalue weighted by molar-refractivity contribution is -0.116. The van der Waals surface area contributed by atoms with E-state index < -0.39 is 18.1 Å². The summed E-state index contributed by atoms with van der Waals surface area (Å²) in [4.78, 5) is 21.1. The summed E-state index contributed by atoms with van der Waals surface area (Å²) in [5.41, 5.74) is 2.12. The van der Waals surface area contributed by atoms with Crippen LogP contribution < -0.4 is 10.1 Å². The van der Waals surface area contributed by atoms with Crippen LogP contribution in [0.3, 0.4) is 0 Å². The molecule has 7 nitrogen and oxygen atoms in total. The second-order valence-electron chi connectivity index (χ2n) is 9.86. The van der Waals surface area contributed by atoms with Gasteiger partial charge >= 0.3 is 0 Å². The molecule has 192 valence electrons. The van der Waals surface area contributed by atoms with Crippen LogP contribution in [0, 0.1) is 5.82 Å². The van der Waals surface area contributed by atoms with Gasteiger partial charge in [-0.3, -0.25) is 4.79 Å². The van der Waals surface area contributed by atoms with Crippen molar-refractivity contribution in [3.8, 4) is 5.75 Å². The number of nitrogens with zero attached hydrogens (tertiary/aromatic N) is 2. The van der Waals surface area contributed by atoms with Crippen molar-refractivity contribution in [2.75, 3.05) is 19.6 Å². The van der Waals surface area contributed by atoms with Crippen molar-refractivity contribution in [2.24, 2.45) is 5.16 Å². The number of carbonyl (C=O) groups excluding carboxylic acids is 1. The molecule has 2 N–H and O–H groups in total. The van der Waals surface area contributed by atoms with Crippen molar-refractivity contribution in [3.63, 3.8) is 0 Å². The van der Waals surface area contributed by atoms with E-state index >= 15 is 0 Å². The molecule has 1 saturated heterocycles. The van der Waals surface area contributed by atoms with Gasteiger partial charge in [0.05, 0.1) is 17.2 Å². The maximum absolute atomic E-state index is 13.7. The summed E-state index contributed by atoms with van der Waals surface area (Å²) in [6.45, 7) is 2.47. The van der Waals surface area contributed by atoms with Gasteiger partial charge in [0.1, 0.15) is 24.3 Å². The molecule has 3 aromatic rings. The standard InChI is InChI=1S/C28H27ClFN3O4/c29-23-13-17(3-9-25(23)37-19-5-6-19)27(34)24(14-33-10-1-11-33)31-28(35)26-21-7-2-16-12-18(30)4-8-20(16)22(21)15-36-32-26/h2-4,7-9,12-13,19,24,27,34H,1,5-6,10-11,14-15H2,(H,31,35)/t24-,27-/m1/s1. The van der Waals surface area contributed by atoms with Gasteiger partial charge < -0.3 is 24.9 Å². The van der Waals surface area contributed by atoms with Crippen LogP contribution in [0.15, 0.2) is 53.7 Å². The number of fused-ring (bicyclic) bond motifs is 3. The zero-order valence-corrected chi connectivity index (χ0v) is 20.9. The molecule has 1 saturated carbocycles. The molecule has 9 heteroatoms. The minimum absolute atomic E-state index is 0.125. The first kappa shape index (κ1) is 24.2. The zero-order valence-electron chi connectivity index (χ0n) is 20.1. The summed E-state index contributed by atoms with van der Waals surface area (Å²) in [5.74, 6) is -0.182. The van der Waals surface area contributed by atoms with E-state index in [4.69, 9.17) is 21.2 Å². The summed E-state index contributed by atoms with van der Waals surface area (Å²) < 4.78 is 19.5. The highest BCUT2D eigenvalue weighted by atomic mass is 35.5. The van der Waals surface area contributed by atoms with Crippen molar-refractivity contribution < 1.29 is 23.9 Å². The van der Waals surface area contributed by atoms with Crippen LogP contribution in [0.5, 0.6) is 5.75 Å². The number of aliphatic hydroxyl groups excluding tert-OH is 1. The Morgan fingerprint density at radius 1 is 1.22 bits per heavy atom. The van der Waals surface area contributed by atoms with Crippen LogP contribution >= 0.6 is 11.6 Å². The molecule has 1 aliphatic carbocycles. The number of oxime groups is 1. The second kappa shape index (κ2) is 9.93. The molecule has 2 heterocycles. The average molecular weight is 524 g/mol. The third-order valence-corrected chi connectivity index (χ3v) is 7.44. The van der Waals surface area contributed by atoms with Crippen LogP contribution in [0.1, 0.15) is 42.1 Å². The quantitative estimate of drug-likeness (QED) is 0.459. The van der Waals surface area contributed by atoms with E-state index in [-0.39, 0.29) is 24.2 Å². The van der Waals surface area contributed by atoms with Gasteiger partial charge in [-0.05, 0) is 73.0 Å². The monoisotopic (exact) mass is 523 g/mol. The summed E-state index contributed by atoms with van der Waals surface area (Å²) in [5, 5.41) is 20.3. The largest absolute Gasteiger partial charge is 0.489 e. The van der Waals surface area contributed by atoms with Crippen molar-refractivity contribution >= 4 is 34.0 Å². The third kappa shape index (κ3) is 5.01. The number of amides is 1.